The van der Waals surface area contributed by atoms with E-state index in [1.807, 2.05) is 0 Å². The Morgan fingerprint density at radius 3 is 2.90 bits per heavy atom. The van der Waals surface area contributed by atoms with Crippen LogP contribution in [0.4, 0.5) is 0 Å². The van der Waals surface area contributed by atoms with Crippen LogP contribution in [-0.2, 0) is 4.79 Å². The van der Waals surface area contributed by atoms with Crippen LogP contribution in [0.5, 0.6) is 5.75 Å². The van der Waals surface area contributed by atoms with E-state index in [1.54, 1.807) is 18.2 Å². The van der Waals surface area contributed by atoms with Crippen molar-refractivity contribution in [2.45, 2.75) is 25.7 Å². The molecule has 0 heterocycles. The Labute approximate surface area is 133 Å². The van der Waals surface area contributed by atoms with Gasteiger partial charge in [-0.1, -0.05) is 23.2 Å². The molecule has 2 fully saturated rings. The molecule has 1 aromatic carbocycles. The number of halogens is 2. The first-order chi connectivity index (χ1) is 10.1. The lowest BCUT2D eigenvalue weighted by Crippen LogP contribution is -2.27. The molecule has 1 amide bonds. The van der Waals surface area contributed by atoms with Gasteiger partial charge in [-0.15, -0.1) is 0 Å². The maximum atomic E-state index is 11.7. The molecule has 2 aliphatic carbocycles. The summed E-state index contributed by atoms with van der Waals surface area (Å²) in [4.78, 5) is 11.7. The quantitative estimate of drug-likeness (QED) is 0.858. The summed E-state index contributed by atoms with van der Waals surface area (Å²) in [5.41, 5.74) is 3.69. The number of ether oxygens (including phenoxy) is 1. The highest BCUT2D eigenvalue weighted by atomic mass is 35.5. The monoisotopic (exact) mass is 326 g/mol. The zero-order valence-electron chi connectivity index (χ0n) is 11.4. The molecule has 0 saturated heterocycles. The van der Waals surface area contributed by atoms with E-state index in [1.165, 1.54) is 19.3 Å². The fourth-order valence-electron chi connectivity index (χ4n) is 3.06. The van der Waals surface area contributed by atoms with Gasteiger partial charge in [-0.3, -0.25) is 4.79 Å². The lowest BCUT2D eigenvalue weighted by molar-refractivity contribution is -0.123. The smallest absolute Gasteiger partial charge is 0.277 e. The van der Waals surface area contributed by atoms with Gasteiger partial charge in [-0.05, 0) is 55.7 Å². The van der Waals surface area contributed by atoms with Gasteiger partial charge in [0.2, 0.25) is 0 Å². The minimum atomic E-state index is -0.281. The Hall–Kier alpha value is -1.26. The molecule has 1 aromatic rings. The lowest BCUT2D eigenvalue weighted by atomic mass is 9.99. The van der Waals surface area contributed by atoms with Gasteiger partial charge in [0.15, 0.2) is 6.61 Å². The molecule has 2 unspecified atom stereocenters. The zero-order chi connectivity index (χ0) is 14.8. The molecule has 2 aliphatic rings. The number of carbonyl (C=O) groups excluding carboxylic acids is 1. The van der Waals surface area contributed by atoms with Crippen LogP contribution >= 0.6 is 23.2 Å². The second-order valence-corrected chi connectivity index (χ2v) is 6.43. The molecule has 3 rings (SSSR count). The summed E-state index contributed by atoms with van der Waals surface area (Å²) in [6.45, 7) is -0.119. The summed E-state index contributed by atoms with van der Waals surface area (Å²) in [6.07, 6.45) is 4.76. The van der Waals surface area contributed by atoms with Crippen LogP contribution in [0.25, 0.3) is 0 Å². The van der Waals surface area contributed by atoms with Gasteiger partial charge in [-0.2, -0.15) is 5.10 Å². The average molecular weight is 327 g/mol. The molecule has 2 bridgehead atoms. The molecule has 2 atom stereocenters. The van der Waals surface area contributed by atoms with Gasteiger partial charge in [0.1, 0.15) is 5.75 Å². The molecule has 2 saturated carbocycles. The van der Waals surface area contributed by atoms with Crippen molar-refractivity contribution in [1.82, 2.24) is 5.43 Å². The number of amides is 1. The van der Waals surface area contributed by atoms with Crippen LogP contribution in [0.2, 0.25) is 10.0 Å². The number of rotatable bonds is 4. The van der Waals surface area contributed by atoms with Gasteiger partial charge < -0.3 is 4.74 Å². The molecular weight excluding hydrogens is 311 g/mol. The van der Waals surface area contributed by atoms with Crippen molar-refractivity contribution in [2.75, 3.05) is 6.61 Å². The van der Waals surface area contributed by atoms with Gasteiger partial charge in [-0.25, -0.2) is 5.43 Å². The van der Waals surface area contributed by atoms with Crippen LogP contribution in [-0.4, -0.2) is 18.2 Å². The molecular formula is C15H16Cl2N2O2. The van der Waals surface area contributed by atoms with Crippen molar-refractivity contribution in [2.24, 2.45) is 16.9 Å². The largest absolute Gasteiger partial charge is 0.482 e. The zero-order valence-corrected chi connectivity index (χ0v) is 13.0. The van der Waals surface area contributed by atoms with Crippen molar-refractivity contribution < 1.29 is 9.53 Å². The number of carbonyl (C=O) groups is 1. The van der Waals surface area contributed by atoms with E-state index in [-0.39, 0.29) is 12.5 Å². The van der Waals surface area contributed by atoms with Crippen LogP contribution in [0.15, 0.2) is 23.3 Å². The minimum absolute atomic E-state index is 0.119. The highest BCUT2D eigenvalue weighted by Crippen LogP contribution is 2.42. The Kier molecular flexibility index (Phi) is 4.36. The third-order valence-corrected chi connectivity index (χ3v) is 4.62. The van der Waals surface area contributed by atoms with Crippen LogP contribution in [0.3, 0.4) is 0 Å². The van der Waals surface area contributed by atoms with Crippen molar-refractivity contribution in [3.63, 3.8) is 0 Å². The highest BCUT2D eigenvalue weighted by molar-refractivity contribution is 6.35. The van der Waals surface area contributed by atoms with Crippen LogP contribution in [0, 0.1) is 11.8 Å². The van der Waals surface area contributed by atoms with E-state index in [4.69, 9.17) is 27.9 Å². The van der Waals surface area contributed by atoms with E-state index in [2.05, 4.69) is 10.5 Å². The van der Waals surface area contributed by atoms with Gasteiger partial charge >= 0.3 is 0 Å². The Morgan fingerprint density at radius 2 is 2.24 bits per heavy atom. The fraction of sp³-hybridized carbons (Fsp3) is 0.467. The lowest BCUT2D eigenvalue weighted by Gasteiger charge is -2.12. The van der Waals surface area contributed by atoms with E-state index in [0.717, 1.165) is 18.1 Å². The third-order valence-electron chi connectivity index (χ3n) is 4.09. The second kappa shape index (κ2) is 6.24. The summed E-state index contributed by atoms with van der Waals surface area (Å²) >= 11 is 11.8. The SMILES string of the molecule is O=C(COc1ccc(Cl)cc1Cl)N/N=C1/CC2CCC1C2. The second-order valence-electron chi connectivity index (χ2n) is 5.58. The number of nitrogens with one attached hydrogen (secondary N) is 1. The van der Waals surface area contributed by atoms with E-state index < -0.39 is 0 Å². The predicted octanol–water partition coefficient (Wildman–Crippen LogP) is 3.66. The van der Waals surface area contributed by atoms with E-state index in [0.29, 0.717) is 21.7 Å². The number of hydrogen-bond acceptors (Lipinski definition) is 3. The van der Waals surface area contributed by atoms with Crippen LogP contribution < -0.4 is 10.2 Å². The topological polar surface area (TPSA) is 50.7 Å². The molecule has 0 spiro atoms. The third kappa shape index (κ3) is 3.50. The Morgan fingerprint density at radius 1 is 1.38 bits per heavy atom. The Balaban J connectivity index is 1.49. The predicted molar refractivity (Wildman–Crippen MR) is 83.0 cm³/mol. The first-order valence-corrected chi connectivity index (χ1v) is 7.80. The number of hydrogen-bond donors (Lipinski definition) is 1. The first-order valence-electron chi connectivity index (χ1n) is 7.05. The number of nitrogens with zero attached hydrogens (tertiary/aromatic N) is 1. The summed E-state index contributed by atoms with van der Waals surface area (Å²) in [5, 5.41) is 5.15. The standard InChI is InChI=1S/C15H16Cl2N2O2/c16-11-3-4-14(12(17)7-11)21-8-15(20)19-18-13-6-9-1-2-10(13)5-9/h3-4,7,9-10H,1-2,5-6,8H2,(H,19,20)/b18-13-. The first kappa shape index (κ1) is 14.7. The highest BCUT2D eigenvalue weighted by Gasteiger charge is 2.36. The fourth-order valence-corrected chi connectivity index (χ4v) is 3.53. The average Bonchev–Trinajstić information content (AvgIpc) is 3.06. The van der Waals surface area contributed by atoms with Crippen molar-refractivity contribution in [3.05, 3.63) is 28.2 Å². The van der Waals surface area contributed by atoms with Crippen LogP contribution in [0.1, 0.15) is 25.7 Å². The number of hydrazone groups is 1. The normalized spacial score (nSPS) is 25.3. The summed E-state index contributed by atoms with van der Waals surface area (Å²) < 4.78 is 5.36. The number of benzene rings is 1. The molecule has 1 N–H and O–H groups in total. The molecule has 4 nitrogen and oxygen atoms in total. The molecule has 6 heteroatoms. The molecule has 112 valence electrons. The van der Waals surface area contributed by atoms with Crippen molar-refractivity contribution in [3.8, 4) is 5.75 Å². The maximum Gasteiger partial charge on any atom is 0.277 e. The van der Waals surface area contributed by atoms with Gasteiger partial charge in [0.25, 0.3) is 5.91 Å². The maximum absolute atomic E-state index is 11.7. The summed E-state index contributed by atoms with van der Waals surface area (Å²) in [5.74, 6) is 1.50. The van der Waals surface area contributed by atoms with E-state index >= 15 is 0 Å². The van der Waals surface area contributed by atoms with Crippen molar-refractivity contribution >= 4 is 34.8 Å². The van der Waals surface area contributed by atoms with Gasteiger partial charge in [0.05, 0.1) is 5.02 Å². The van der Waals surface area contributed by atoms with Crippen molar-refractivity contribution in [1.29, 1.82) is 0 Å². The van der Waals surface area contributed by atoms with E-state index in [9.17, 15) is 4.79 Å². The summed E-state index contributed by atoms with van der Waals surface area (Å²) in [7, 11) is 0. The molecule has 0 aliphatic heterocycles. The number of fused-ring (bicyclic) bond motifs is 2. The molecule has 0 aromatic heterocycles. The van der Waals surface area contributed by atoms with Gasteiger partial charge in [0, 0.05) is 10.7 Å². The molecule has 21 heavy (non-hydrogen) atoms. The Bertz CT molecular complexity index is 589. The summed E-state index contributed by atoms with van der Waals surface area (Å²) in [6, 6.07) is 4.88. The minimum Gasteiger partial charge on any atom is -0.482 e. The molecule has 0 radical (unpaired) electrons.